The number of hydrogen-bond acceptors (Lipinski definition) is 6. The molecule has 0 saturated heterocycles. The predicted molar refractivity (Wildman–Crippen MR) is 119 cm³/mol. The molecule has 6 nitrogen and oxygen atoms in total. The van der Waals surface area contributed by atoms with E-state index in [2.05, 4.69) is 4.98 Å². The monoisotopic (exact) mass is 419 g/mol. The molecule has 4 rings (SSSR count). The first-order valence-corrected chi connectivity index (χ1v) is 10.2. The number of thiazole rings is 1. The normalized spacial score (nSPS) is 10.8. The van der Waals surface area contributed by atoms with Crippen molar-refractivity contribution in [2.45, 2.75) is 13.5 Å². The Bertz CT molecular complexity index is 1170. The molecule has 0 aliphatic carbocycles. The molecule has 0 saturated carbocycles. The lowest BCUT2D eigenvalue weighted by Crippen LogP contribution is -2.30. The van der Waals surface area contributed by atoms with Gasteiger partial charge < -0.3 is 9.47 Å². The number of benzene rings is 2. The molecule has 152 valence electrons. The number of aryl methyl sites for hydroxylation is 1. The van der Waals surface area contributed by atoms with Gasteiger partial charge in [-0.2, -0.15) is 0 Å². The van der Waals surface area contributed by atoms with Gasteiger partial charge in [-0.25, -0.2) is 4.98 Å². The zero-order valence-electron chi connectivity index (χ0n) is 17.0. The van der Waals surface area contributed by atoms with Crippen LogP contribution >= 0.6 is 11.3 Å². The van der Waals surface area contributed by atoms with E-state index in [9.17, 15) is 4.79 Å². The van der Waals surface area contributed by atoms with Gasteiger partial charge in [0.1, 0.15) is 11.5 Å². The SMILES string of the molecule is COc1cc(OC)cc(C(=O)N(Cc2ccccn2)c2nc3c(C)cccc3s2)c1. The van der Waals surface area contributed by atoms with Crippen LogP contribution in [0.1, 0.15) is 21.6 Å². The second-order valence-corrected chi connectivity index (χ2v) is 7.74. The highest BCUT2D eigenvalue weighted by Crippen LogP contribution is 2.33. The average molecular weight is 420 g/mol. The van der Waals surface area contributed by atoms with E-state index in [4.69, 9.17) is 14.5 Å². The molecule has 0 bridgehead atoms. The highest BCUT2D eigenvalue weighted by atomic mass is 32.1. The highest BCUT2D eigenvalue weighted by molar-refractivity contribution is 7.22. The largest absolute Gasteiger partial charge is 0.497 e. The summed E-state index contributed by atoms with van der Waals surface area (Å²) in [5, 5.41) is 0.622. The average Bonchev–Trinajstić information content (AvgIpc) is 3.22. The Labute approximate surface area is 178 Å². The maximum atomic E-state index is 13.6. The molecule has 0 unspecified atom stereocenters. The van der Waals surface area contributed by atoms with Gasteiger partial charge in [-0.15, -0.1) is 0 Å². The zero-order valence-corrected chi connectivity index (χ0v) is 17.8. The van der Waals surface area contributed by atoms with Crippen molar-refractivity contribution in [3.63, 3.8) is 0 Å². The number of fused-ring (bicyclic) bond motifs is 1. The number of hydrogen-bond donors (Lipinski definition) is 0. The van der Waals surface area contributed by atoms with Gasteiger partial charge in [-0.3, -0.25) is 14.7 Å². The van der Waals surface area contributed by atoms with E-state index in [0.717, 1.165) is 21.5 Å². The van der Waals surface area contributed by atoms with Gasteiger partial charge in [0, 0.05) is 17.8 Å². The Balaban J connectivity index is 1.80. The molecular weight excluding hydrogens is 398 g/mol. The van der Waals surface area contributed by atoms with Crippen LogP contribution in [0.4, 0.5) is 5.13 Å². The second kappa shape index (κ2) is 8.51. The minimum Gasteiger partial charge on any atom is -0.497 e. The van der Waals surface area contributed by atoms with Gasteiger partial charge in [0.15, 0.2) is 5.13 Å². The number of amides is 1. The van der Waals surface area contributed by atoms with Crippen molar-refractivity contribution in [2.24, 2.45) is 0 Å². The molecule has 2 aromatic carbocycles. The summed E-state index contributed by atoms with van der Waals surface area (Å²) in [6, 6.07) is 16.8. The fourth-order valence-electron chi connectivity index (χ4n) is 3.16. The van der Waals surface area contributed by atoms with Crippen molar-refractivity contribution < 1.29 is 14.3 Å². The Morgan fingerprint density at radius 1 is 1.03 bits per heavy atom. The first kappa shape index (κ1) is 19.8. The molecule has 0 N–H and O–H groups in total. The van der Waals surface area contributed by atoms with Crippen LogP contribution in [0.25, 0.3) is 10.2 Å². The first-order chi connectivity index (χ1) is 14.6. The van der Waals surface area contributed by atoms with Gasteiger partial charge in [-0.05, 0) is 42.8 Å². The molecule has 2 aromatic heterocycles. The molecule has 2 heterocycles. The minimum absolute atomic E-state index is 0.199. The molecule has 0 spiro atoms. The number of carbonyl (C=O) groups excluding carboxylic acids is 1. The molecule has 30 heavy (non-hydrogen) atoms. The predicted octanol–water partition coefficient (Wildman–Crippen LogP) is 4.86. The topological polar surface area (TPSA) is 64.6 Å². The van der Waals surface area contributed by atoms with Gasteiger partial charge in [0.2, 0.25) is 0 Å². The van der Waals surface area contributed by atoms with Crippen molar-refractivity contribution in [3.8, 4) is 11.5 Å². The number of nitrogens with zero attached hydrogens (tertiary/aromatic N) is 3. The first-order valence-electron chi connectivity index (χ1n) is 9.40. The molecule has 0 aliphatic heterocycles. The number of rotatable bonds is 6. The highest BCUT2D eigenvalue weighted by Gasteiger charge is 2.23. The third-order valence-electron chi connectivity index (χ3n) is 4.73. The quantitative estimate of drug-likeness (QED) is 0.446. The number of methoxy groups -OCH3 is 2. The van der Waals surface area contributed by atoms with E-state index in [1.165, 1.54) is 11.3 Å². The lowest BCUT2D eigenvalue weighted by molar-refractivity contribution is 0.0984. The number of para-hydroxylation sites is 1. The van der Waals surface area contributed by atoms with E-state index >= 15 is 0 Å². The van der Waals surface area contributed by atoms with E-state index in [1.54, 1.807) is 43.5 Å². The maximum absolute atomic E-state index is 13.6. The van der Waals surface area contributed by atoms with E-state index in [0.29, 0.717) is 28.7 Å². The summed E-state index contributed by atoms with van der Waals surface area (Å²) >= 11 is 1.49. The van der Waals surface area contributed by atoms with Gasteiger partial charge >= 0.3 is 0 Å². The van der Waals surface area contributed by atoms with Crippen LogP contribution in [-0.2, 0) is 6.54 Å². The van der Waals surface area contributed by atoms with Gasteiger partial charge in [-0.1, -0.05) is 29.5 Å². The van der Waals surface area contributed by atoms with Crippen molar-refractivity contribution >= 4 is 32.6 Å². The summed E-state index contributed by atoms with van der Waals surface area (Å²) in [7, 11) is 3.12. The number of carbonyl (C=O) groups is 1. The molecule has 0 atom stereocenters. The summed E-state index contributed by atoms with van der Waals surface area (Å²) in [4.78, 5) is 24.4. The van der Waals surface area contributed by atoms with Crippen LogP contribution < -0.4 is 14.4 Å². The Kier molecular flexibility index (Phi) is 5.63. The lowest BCUT2D eigenvalue weighted by Gasteiger charge is -2.20. The lowest BCUT2D eigenvalue weighted by atomic mass is 10.1. The second-order valence-electron chi connectivity index (χ2n) is 6.73. The smallest absolute Gasteiger partial charge is 0.260 e. The fraction of sp³-hybridized carbons (Fsp3) is 0.174. The van der Waals surface area contributed by atoms with Gasteiger partial charge in [0.25, 0.3) is 5.91 Å². The minimum atomic E-state index is -0.199. The van der Waals surface area contributed by atoms with Crippen molar-refractivity contribution in [2.75, 3.05) is 19.1 Å². The standard InChI is InChI=1S/C23H21N3O3S/c1-15-7-6-9-20-21(15)25-23(30-20)26(14-17-8-4-5-10-24-17)22(27)16-11-18(28-2)13-19(12-16)29-3/h4-13H,14H2,1-3H3. The van der Waals surface area contributed by atoms with Crippen LogP contribution in [0.5, 0.6) is 11.5 Å². The number of aromatic nitrogens is 2. The summed E-state index contributed by atoms with van der Waals surface area (Å²) in [5.74, 6) is 0.904. The molecule has 0 radical (unpaired) electrons. The van der Waals surface area contributed by atoms with E-state index < -0.39 is 0 Å². The third kappa shape index (κ3) is 3.97. The Morgan fingerprint density at radius 2 is 1.80 bits per heavy atom. The molecule has 0 aliphatic rings. The third-order valence-corrected chi connectivity index (χ3v) is 5.77. The Hall–Kier alpha value is -3.45. The number of pyridine rings is 1. The molecule has 7 heteroatoms. The Morgan fingerprint density at radius 3 is 2.43 bits per heavy atom. The number of anilines is 1. The van der Waals surface area contributed by atoms with Crippen molar-refractivity contribution in [3.05, 3.63) is 77.6 Å². The van der Waals surface area contributed by atoms with Crippen LogP contribution in [0, 0.1) is 6.92 Å². The summed E-state index contributed by atoms with van der Waals surface area (Å²) in [5.41, 5.74) is 3.21. The molecular formula is C23H21N3O3S. The van der Waals surface area contributed by atoms with E-state index in [1.807, 2.05) is 43.3 Å². The molecule has 4 aromatic rings. The summed E-state index contributed by atoms with van der Waals surface area (Å²) in [6.07, 6.45) is 1.72. The number of ether oxygens (including phenoxy) is 2. The van der Waals surface area contributed by atoms with Crippen LogP contribution in [0.15, 0.2) is 60.8 Å². The van der Waals surface area contributed by atoms with Crippen LogP contribution in [0.3, 0.4) is 0 Å². The maximum Gasteiger partial charge on any atom is 0.260 e. The zero-order chi connectivity index (χ0) is 21.1. The molecule has 0 fully saturated rings. The van der Waals surface area contributed by atoms with Crippen LogP contribution in [-0.4, -0.2) is 30.1 Å². The summed E-state index contributed by atoms with van der Waals surface area (Å²) < 4.78 is 11.7. The fourth-order valence-corrected chi connectivity index (χ4v) is 4.20. The van der Waals surface area contributed by atoms with Crippen molar-refractivity contribution in [1.29, 1.82) is 0 Å². The van der Waals surface area contributed by atoms with Gasteiger partial charge in [0.05, 0.1) is 36.7 Å². The van der Waals surface area contributed by atoms with Crippen LogP contribution in [0.2, 0.25) is 0 Å². The molecule has 1 amide bonds. The van der Waals surface area contributed by atoms with E-state index in [-0.39, 0.29) is 5.91 Å². The summed E-state index contributed by atoms with van der Waals surface area (Å²) in [6.45, 7) is 2.32. The van der Waals surface area contributed by atoms with Crippen molar-refractivity contribution in [1.82, 2.24) is 9.97 Å².